The number of benzene rings is 3. The van der Waals surface area contributed by atoms with E-state index in [9.17, 15) is 9.59 Å². The lowest BCUT2D eigenvalue weighted by Gasteiger charge is -2.17. The van der Waals surface area contributed by atoms with E-state index < -0.39 is 5.97 Å². The molecular weight excluding hydrogens is 328 g/mol. The number of hydrogen-bond acceptors (Lipinski definition) is 4. The number of nitrogens with zero attached hydrogens (tertiary/aromatic N) is 1. The maximum absolute atomic E-state index is 12.3. The molecule has 132 valence electrons. The summed E-state index contributed by atoms with van der Waals surface area (Å²) < 4.78 is 5.17. The van der Waals surface area contributed by atoms with Crippen molar-refractivity contribution in [1.29, 1.82) is 0 Å². The molecule has 0 radical (unpaired) electrons. The average molecular weight is 348 g/mol. The number of rotatable bonds is 5. The van der Waals surface area contributed by atoms with E-state index in [0.717, 1.165) is 16.3 Å². The fourth-order valence-corrected chi connectivity index (χ4v) is 2.70. The van der Waals surface area contributed by atoms with E-state index in [2.05, 4.69) is 0 Å². The number of nitrogens with two attached hydrogens (primary N) is 1. The molecule has 0 aromatic heterocycles. The molecule has 0 spiro atoms. The summed E-state index contributed by atoms with van der Waals surface area (Å²) in [6.07, 6.45) is 0. The lowest BCUT2D eigenvalue weighted by molar-refractivity contribution is -0.133. The zero-order chi connectivity index (χ0) is 18.5. The molecule has 26 heavy (non-hydrogen) atoms. The van der Waals surface area contributed by atoms with Gasteiger partial charge in [-0.15, -0.1) is 0 Å². The normalized spacial score (nSPS) is 10.5. The summed E-state index contributed by atoms with van der Waals surface area (Å²) in [6.45, 7) is 0.129. The van der Waals surface area contributed by atoms with Gasteiger partial charge in [0.15, 0.2) is 6.61 Å². The van der Waals surface area contributed by atoms with E-state index in [1.807, 2.05) is 54.6 Å². The zero-order valence-electron chi connectivity index (χ0n) is 14.5. The minimum Gasteiger partial charge on any atom is -0.452 e. The van der Waals surface area contributed by atoms with Gasteiger partial charge in [0.1, 0.15) is 0 Å². The second-order valence-electron chi connectivity index (χ2n) is 6.10. The van der Waals surface area contributed by atoms with Crippen molar-refractivity contribution in [2.45, 2.75) is 6.54 Å². The molecule has 3 rings (SSSR count). The molecule has 0 bridgehead atoms. The van der Waals surface area contributed by atoms with E-state index in [-0.39, 0.29) is 18.1 Å². The number of hydrogen-bond donors (Lipinski definition) is 1. The molecule has 3 aromatic carbocycles. The number of carbonyl (C=O) groups is 2. The van der Waals surface area contributed by atoms with Crippen LogP contribution in [0.3, 0.4) is 0 Å². The second-order valence-corrected chi connectivity index (χ2v) is 6.10. The molecule has 1 amide bonds. The standard InChI is InChI=1S/C21H20N2O3/c1-23(13-15-7-3-2-4-8-15)20(24)14-26-21(25)18-11-16-9-5-6-10-17(16)12-19(18)22/h2-12H,13-14,22H2,1H3. The second kappa shape index (κ2) is 7.70. The topological polar surface area (TPSA) is 72.6 Å². The number of likely N-dealkylation sites (N-methyl/N-ethyl adjacent to an activating group) is 1. The SMILES string of the molecule is CN(Cc1ccccc1)C(=O)COC(=O)c1cc2ccccc2cc1N. The number of fused-ring (bicyclic) bond motifs is 1. The van der Waals surface area contributed by atoms with E-state index in [4.69, 9.17) is 10.5 Å². The number of nitrogen functional groups attached to an aromatic ring is 1. The first-order chi connectivity index (χ1) is 12.5. The Morgan fingerprint density at radius 1 is 0.962 bits per heavy atom. The first-order valence-electron chi connectivity index (χ1n) is 8.28. The largest absolute Gasteiger partial charge is 0.452 e. The molecule has 0 aliphatic carbocycles. The first-order valence-corrected chi connectivity index (χ1v) is 8.28. The van der Waals surface area contributed by atoms with Gasteiger partial charge in [0.25, 0.3) is 5.91 Å². The van der Waals surface area contributed by atoms with Gasteiger partial charge in [0.05, 0.1) is 5.56 Å². The highest BCUT2D eigenvalue weighted by Gasteiger charge is 2.16. The molecule has 0 unspecified atom stereocenters. The van der Waals surface area contributed by atoms with Crippen molar-refractivity contribution >= 4 is 28.3 Å². The summed E-state index contributed by atoms with van der Waals surface area (Å²) in [7, 11) is 1.67. The highest BCUT2D eigenvalue weighted by atomic mass is 16.5. The van der Waals surface area contributed by atoms with Crippen LogP contribution >= 0.6 is 0 Å². The van der Waals surface area contributed by atoms with Crippen LogP contribution < -0.4 is 5.73 Å². The Morgan fingerprint density at radius 2 is 1.58 bits per heavy atom. The summed E-state index contributed by atoms with van der Waals surface area (Å²) in [5.41, 5.74) is 7.57. The summed E-state index contributed by atoms with van der Waals surface area (Å²) in [5.74, 6) is -0.878. The van der Waals surface area contributed by atoms with Crippen LogP contribution in [0.4, 0.5) is 5.69 Å². The summed E-state index contributed by atoms with van der Waals surface area (Å²) in [6, 6.07) is 20.6. The number of carbonyl (C=O) groups excluding carboxylic acids is 2. The Kier molecular flexibility index (Phi) is 5.17. The fraction of sp³-hybridized carbons (Fsp3) is 0.143. The minimum atomic E-state index is -0.602. The predicted molar refractivity (Wildman–Crippen MR) is 102 cm³/mol. The van der Waals surface area contributed by atoms with Gasteiger partial charge in [-0.3, -0.25) is 4.79 Å². The third kappa shape index (κ3) is 4.00. The molecule has 0 aliphatic heterocycles. The summed E-state index contributed by atoms with van der Waals surface area (Å²) in [5, 5.41) is 1.83. The molecule has 0 saturated heterocycles. The van der Waals surface area contributed by atoms with Gasteiger partial charge in [-0.05, 0) is 28.5 Å². The molecular formula is C21H20N2O3. The van der Waals surface area contributed by atoms with Crippen LogP contribution in [0.5, 0.6) is 0 Å². The molecule has 5 heteroatoms. The fourth-order valence-electron chi connectivity index (χ4n) is 2.70. The van der Waals surface area contributed by atoms with Crippen molar-refractivity contribution in [2.75, 3.05) is 19.4 Å². The van der Waals surface area contributed by atoms with Crippen molar-refractivity contribution in [2.24, 2.45) is 0 Å². The molecule has 5 nitrogen and oxygen atoms in total. The van der Waals surface area contributed by atoms with Gasteiger partial charge in [-0.1, -0.05) is 54.6 Å². The van der Waals surface area contributed by atoms with Gasteiger partial charge in [0.2, 0.25) is 0 Å². The van der Waals surface area contributed by atoms with E-state index in [1.54, 1.807) is 19.2 Å². The van der Waals surface area contributed by atoms with Crippen molar-refractivity contribution in [3.63, 3.8) is 0 Å². The molecule has 3 aromatic rings. The van der Waals surface area contributed by atoms with Crippen molar-refractivity contribution in [1.82, 2.24) is 4.90 Å². The molecule has 0 saturated carbocycles. The number of anilines is 1. The molecule has 0 aliphatic rings. The highest BCUT2D eigenvalue weighted by molar-refractivity contribution is 6.01. The van der Waals surface area contributed by atoms with E-state index >= 15 is 0 Å². The van der Waals surface area contributed by atoms with Gasteiger partial charge in [0, 0.05) is 19.3 Å². The number of ether oxygens (including phenoxy) is 1. The third-order valence-corrected chi connectivity index (χ3v) is 4.15. The van der Waals surface area contributed by atoms with Crippen LogP contribution in [0.15, 0.2) is 66.7 Å². The minimum absolute atomic E-state index is 0.266. The van der Waals surface area contributed by atoms with E-state index in [0.29, 0.717) is 12.2 Å². The monoisotopic (exact) mass is 348 g/mol. The molecule has 0 heterocycles. The van der Waals surface area contributed by atoms with Crippen LogP contribution in [0, 0.1) is 0 Å². The van der Waals surface area contributed by atoms with E-state index in [1.165, 1.54) is 4.90 Å². The van der Waals surface area contributed by atoms with Crippen molar-refractivity contribution < 1.29 is 14.3 Å². The zero-order valence-corrected chi connectivity index (χ0v) is 14.5. The Morgan fingerprint density at radius 3 is 2.27 bits per heavy atom. The van der Waals surface area contributed by atoms with Gasteiger partial charge < -0.3 is 15.4 Å². The van der Waals surface area contributed by atoms with Crippen molar-refractivity contribution in [3.8, 4) is 0 Å². The maximum atomic E-state index is 12.3. The van der Waals surface area contributed by atoms with Crippen LogP contribution in [-0.2, 0) is 16.1 Å². The van der Waals surface area contributed by atoms with Crippen LogP contribution in [0.2, 0.25) is 0 Å². The lowest BCUT2D eigenvalue weighted by Crippen LogP contribution is -2.30. The Hall–Kier alpha value is -3.34. The van der Waals surface area contributed by atoms with Gasteiger partial charge in [-0.25, -0.2) is 4.79 Å². The molecule has 0 atom stereocenters. The Balaban J connectivity index is 1.63. The predicted octanol–water partition coefficient (Wildman–Crippen LogP) is 3.24. The summed E-state index contributed by atoms with van der Waals surface area (Å²) in [4.78, 5) is 26.0. The van der Waals surface area contributed by atoms with Crippen molar-refractivity contribution in [3.05, 3.63) is 77.9 Å². The third-order valence-electron chi connectivity index (χ3n) is 4.15. The van der Waals surface area contributed by atoms with Crippen LogP contribution in [0.1, 0.15) is 15.9 Å². The highest BCUT2D eigenvalue weighted by Crippen LogP contribution is 2.22. The number of amides is 1. The number of esters is 1. The van der Waals surface area contributed by atoms with Gasteiger partial charge in [-0.2, -0.15) is 0 Å². The maximum Gasteiger partial charge on any atom is 0.340 e. The Bertz CT molecular complexity index is 938. The summed E-state index contributed by atoms with van der Waals surface area (Å²) >= 11 is 0. The molecule has 2 N–H and O–H groups in total. The van der Waals surface area contributed by atoms with Crippen LogP contribution in [-0.4, -0.2) is 30.4 Å². The first kappa shape index (κ1) is 17.5. The quantitative estimate of drug-likeness (QED) is 0.567. The molecule has 0 fully saturated rings. The Labute approximate surface area is 152 Å². The smallest absolute Gasteiger partial charge is 0.340 e. The lowest BCUT2D eigenvalue weighted by atomic mass is 10.1. The average Bonchev–Trinajstić information content (AvgIpc) is 2.66. The van der Waals surface area contributed by atoms with Gasteiger partial charge >= 0.3 is 5.97 Å². The van der Waals surface area contributed by atoms with Crippen LogP contribution in [0.25, 0.3) is 10.8 Å².